The summed E-state index contributed by atoms with van der Waals surface area (Å²) < 4.78 is 5.17. The van der Waals surface area contributed by atoms with Crippen molar-refractivity contribution in [3.63, 3.8) is 0 Å². The molecule has 0 heterocycles. The predicted molar refractivity (Wildman–Crippen MR) is 116 cm³/mol. The number of hydrogen-bond donors (Lipinski definition) is 0. The van der Waals surface area contributed by atoms with Crippen molar-refractivity contribution in [1.82, 2.24) is 0 Å². The molecule has 0 radical (unpaired) electrons. The molecule has 0 aromatic heterocycles. The van der Waals surface area contributed by atoms with Gasteiger partial charge in [-0.05, 0) is 37.0 Å². The maximum atomic E-state index is 8.00. The molecule has 0 rings (SSSR count). The first-order chi connectivity index (χ1) is 11.8. The van der Waals surface area contributed by atoms with Crippen LogP contribution in [0.4, 0.5) is 0 Å². The van der Waals surface area contributed by atoms with Crippen molar-refractivity contribution in [1.29, 1.82) is 0 Å². The summed E-state index contributed by atoms with van der Waals surface area (Å²) in [5, 5.41) is 0. The van der Waals surface area contributed by atoms with Crippen LogP contribution < -0.4 is 0 Å². The molecule has 142 valence electrons. The van der Waals surface area contributed by atoms with Gasteiger partial charge in [0.1, 0.15) is 6.79 Å². The molecule has 0 aliphatic carbocycles. The minimum atomic E-state index is 0.507. The van der Waals surface area contributed by atoms with Crippen LogP contribution in [0, 0.1) is 0 Å². The van der Waals surface area contributed by atoms with E-state index in [2.05, 4.69) is 39.8 Å². The van der Waals surface area contributed by atoms with Crippen LogP contribution in [0.5, 0.6) is 0 Å². The fourth-order valence-electron chi connectivity index (χ4n) is 1.31. The van der Waals surface area contributed by atoms with E-state index in [1.807, 2.05) is 52.7 Å². The molecule has 0 aromatic carbocycles. The van der Waals surface area contributed by atoms with E-state index in [9.17, 15) is 0 Å². The first-order valence-electron chi connectivity index (χ1n) is 8.29. The fraction of sp³-hybridized carbons (Fsp3) is 0.348. The largest absolute Gasteiger partial charge is 0.380 e. The molecule has 0 aromatic rings. The standard InChI is InChI=1S/C17H24O.C3H6.C2H6.CH2O/c1-8-14(4)9-10-15(5)16(6)17(12-18-7)11-13(2)3;1-3-2;2*1-2/h9-11H,2,4-6,8,12H2,1,3,7H3;3H,1H2,2H3;1-2H3;1H2/b10-9-,17-11-;;;. The minimum Gasteiger partial charge on any atom is -0.380 e. The second-order valence-corrected chi connectivity index (χ2v) is 4.71. The second kappa shape index (κ2) is 24.1. The zero-order chi connectivity index (χ0) is 20.8. The van der Waals surface area contributed by atoms with Gasteiger partial charge in [-0.1, -0.05) is 82.5 Å². The Kier molecular flexibility index (Phi) is 29.5. The number of methoxy groups -OCH3 is 1. The summed E-state index contributed by atoms with van der Waals surface area (Å²) in [7, 11) is 1.66. The van der Waals surface area contributed by atoms with Crippen LogP contribution in [0.1, 0.15) is 41.0 Å². The van der Waals surface area contributed by atoms with E-state index in [0.29, 0.717) is 6.61 Å². The molecule has 0 saturated heterocycles. The summed E-state index contributed by atoms with van der Waals surface area (Å²) in [6.45, 7) is 31.6. The van der Waals surface area contributed by atoms with E-state index >= 15 is 0 Å². The molecule has 0 N–H and O–H groups in total. The highest BCUT2D eigenvalue weighted by Gasteiger charge is 2.04. The molecule has 0 fully saturated rings. The van der Waals surface area contributed by atoms with Gasteiger partial charge in [-0.2, -0.15) is 0 Å². The quantitative estimate of drug-likeness (QED) is 0.357. The number of carbonyl (C=O) groups is 1. The molecular formula is C23H38O2. The highest BCUT2D eigenvalue weighted by molar-refractivity contribution is 5.51. The average molecular weight is 347 g/mol. The lowest BCUT2D eigenvalue weighted by molar-refractivity contribution is -0.0979. The molecule has 0 spiro atoms. The number of hydrogen-bond acceptors (Lipinski definition) is 2. The summed E-state index contributed by atoms with van der Waals surface area (Å²) >= 11 is 0. The lowest BCUT2D eigenvalue weighted by Crippen LogP contribution is -1.99. The second-order valence-electron chi connectivity index (χ2n) is 4.71. The third-order valence-electron chi connectivity index (χ3n) is 2.47. The van der Waals surface area contributed by atoms with Gasteiger partial charge >= 0.3 is 0 Å². The zero-order valence-electron chi connectivity index (χ0n) is 17.3. The Morgan fingerprint density at radius 1 is 1.04 bits per heavy atom. The van der Waals surface area contributed by atoms with Crippen molar-refractivity contribution in [2.45, 2.75) is 41.0 Å². The van der Waals surface area contributed by atoms with Crippen molar-refractivity contribution in [3.05, 3.63) is 85.1 Å². The molecule has 0 atom stereocenters. The number of rotatable bonds is 8. The minimum absolute atomic E-state index is 0.507. The van der Waals surface area contributed by atoms with Crippen LogP contribution in [0.15, 0.2) is 85.1 Å². The third kappa shape index (κ3) is 21.8. The van der Waals surface area contributed by atoms with Gasteiger partial charge in [0.25, 0.3) is 0 Å². The Morgan fingerprint density at radius 3 is 1.80 bits per heavy atom. The maximum Gasteiger partial charge on any atom is 0.106 e. The van der Waals surface area contributed by atoms with Crippen molar-refractivity contribution in [2.75, 3.05) is 13.7 Å². The highest BCUT2D eigenvalue weighted by atomic mass is 16.5. The number of ether oxygens (including phenoxy) is 1. The first-order valence-corrected chi connectivity index (χ1v) is 8.29. The predicted octanol–water partition coefficient (Wildman–Crippen LogP) is 6.80. The first kappa shape index (κ1) is 30.7. The van der Waals surface area contributed by atoms with Gasteiger partial charge in [0.2, 0.25) is 0 Å². The summed E-state index contributed by atoms with van der Waals surface area (Å²) in [5.74, 6) is 0. The average Bonchev–Trinajstić information content (AvgIpc) is 2.62. The number of allylic oxidation sites excluding steroid dienone is 7. The van der Waals surface area contributed by atoms with E-state index in [4.69, 9.17) is 9.53 Å². The molecule has 2 heteroatoms. The van der Waals surface area contributed by atoms with Crippen LogP contribution in [-0.2, 0) is 9.53 Å². The van der Waals surface area contributed by atoms with E-state index in [1.54, 1.807) is 13.2 Å². The van der Waals surface area contributed by atoms with Gasteiger partial charge in [-0.25, -0.2) is 0 Å². The Hall–Kier alpha value is -2.19. The molecule has 0 bridgehead atoms. The SMILES string of the molecule is C=C(C)/C=C(/COC)C(=C)C(=C)/C=C\C(=C)CC.C=CC.C=O.CC. The fourth-order valence-corrected chi connectivity index (χ4v) is 1.31. The smallest absolute Gasteiger partial charge is 0.106 e. The van der Waals surface area contributed by atoms with Crippen molar-refractivity contribution in [3.8, 4) is 0 Å². The molecule has 0 aliphatic rings. The van der Waals surface area contributed by atoms with Crippen LogP contribution >= 0.6 is 0 Å². The summed E-state index contributed by atoms with van der Waals surface area (Å²) in [4.78, 5) is 8.00. The summed E-state index contributed by atoms with van der Waals surface area (Å²) in [5.41, 5.74) is 4.79. The van der Waals surface area contributed by atoms with Gasteiger partial charge in [0.15, 0.2) is 0 Å². The summed E-state index contributed by atoms with van der Waals surface area (Å²) in [6, 6.07) is 0. The molecule has 0 saturated carbocycles. The van der Waals surface area contributed by atoms with E-state index in [1.165, 1.54) is 0 Å². The van der Waals surface area contributed by atoms with Gasteiger partial charge < -0.3 is 9.53 Å². The van der Waals surface area contributed by atoms with Crippen LogP contribution in [-0.4, -0.2) is 20.5 Å². The maximum absolute atomic E-state index is 8.00. The Morgan fingerprint density at radius 2 is 1.48 bits per heavy atom. The topological polar surface area (TPSA) is 26.3 Å². The Labute approximate surface area is 156 Å². The van der Waals surface area contributed by atoms with Crippen molar-refractivity contribution in [2.24, 2.45) is 0 Å². The molecule has 0 unspecified atom stereocenters. The number of carbonyl (C=O) groups excluding carboxylic acids is 1. The Balaban J connectivity index is -0.000000274. The van der Waals surface area contributed by atoms with Gasteiger partial charge in [0, 0.05) is 7.11 Å². The van der Waals surface area contributed by atoms with Crippen molar-refractivity contribution >= 4 is 6.79 Å². The van der Waals surface area contributed by atoms with E-state index in [-0.39, 0.29) is 0 Å². The highest BCUT2D eigenvalue weighted by Crippen LogP contribution is 2.19. The van der Waals surface area contributed by atoms with Gasteiger partial charge in [0.05, 0.1) is 6.61 Å². The molecule has 0 amide bonds. The van der Waals surface area contributed by atoms with E-state index in [0.717, 1.165) is 34.3 Å². The van der Waals surface area contributed by atoms with E-state index < -0.39 is 0 Å². The zero-order valence-corrected chi connectivity index (χ0v) is 17.3. The lowest BCUT2D eigenvalue weighted by atomic mass is 9.98. The van der Waals surface area contributed by atoms with Gasteiger partial charge in [-0.3, -0.25) is 0 Å². The molecule has 0 aliphatic heterocycles. The van der Waals surface area contributed by atoms with Crippen molar-refractivity contribution < 1.29 is 9.53 Å². The monoisotopic (exact) mass is 346 g/mol. The molecular weight excluding hydrogens is 308 g/mol. The Bertz CT molecular complexity index is 462. The normalized spacial score (nSPS) is 9.28. The molecule has 25 heavy (non-hydrogen) atoms. The van der Waals surface area contributed by atoms with Gasteiger partial charge in [-0.15, -0.1) is 6.58 Å². The third-order valence-corrected chi connectivity index (χ3v) is 2.47. The van der Waals surface area contributed by atoms with Crippen LogP contribution in [0.25, 0.3) is 0 Å². The molecule has 2 nitrogen and oxygen atoms in total. The van der Waals surface area contributed by atoms with Crippen LogP contribution in [0.2, 0.25) is 0 Å². The van der Waals surface area contributed by atoms with Crippen LogP contribution in [0.3, 0.4) is 0 Å². The summed E-state index contributed by atoms with van der Waals surface area (Å²) in [6.07, 6.45) is 8.57. The lowest BCUT2D eigenvalue weighted by Gasteiger charge is -2.11.